The van der Waals surface area contributed by atoms with Crippen LogP contribution in [-0.4, -0.2) is 6.04 Å². The summed E-state index contributed by atoms with van der Waals surface area (Å²) in [5.74, 6) is 1.57. The minimum atomic E-state index is -0.126. The number of nitrogens with two attached hydrogens (primary N) is 2. The van der Waals surface area contributed by atoms with Crippen LogP contribution in [0.15, 0.2) is 78.1 Å². The maximum Gasteiger partial charge on any atom is 0.137 e. The van der Waals surface area contributed by atoms with Crippen LogP contribution in [0.4, 0.5) is 5.69 Å². The van der Waals surface area contributed by atoms with Gasteiger partial charge in [-0.3, -0.25) is 0 Å². The normalized spacial score (nSPS) is 19.1. The van der Waals surface area contributed by atoms with Crippen LogP contribution in [0, 0.1) is 0 Å². The number of nitrogen functional groups attached to an aromatic ring is 1. The zero-order chi connectivity index (χ0) is 15.1. The summed E-state index contributed by atoms with van der Waals surface area (Å²) in [4.78, 5) is 0. The SMILES string of the molecule is Nc1ccc2c(c1)OC1=CC(N)C=CC1=C2c1ccccc1. The highest BCUT2D eigenvalue weighted by Gasteiger charge is 2.26. The lowest BCUT2D eigenvalue weighted by Gasteiger charge is -2.27. The van der Waals surface area contributed by atoms with Gasteiger partial charge in [-0.2, -0.15) is 0 Å². The Hall–Kier alpha value is -2.78. The van der Waals surface area contributed by atoms with Gasteiger partial charge in [0.2, 0.25) is 0 Å². The molecule has 0 spiro atoms. The van der Waals surface area contributed by atoms with Gasteiger partial charge in [0, 0.05) is 34.5 Å². The standard InChI is InChI=1S/C19H16N2O/c20-13-6-8-15-17(10-13)22-18-11-14(21)7-9-16(18)19(15)12-4-2-1-3-5-12/h1-11,13H,20-21H2. The van der Waals surface area contributed by atoms with Crippen molar-refractivity contribution in [3.05, 3.63) is 89.2 Å². The van der Waals surface area contributed by atoms with Crippen LogP contribution in [0.1, 0.15) is 11.1 Å². The summed E-state index contributed by atoms with van der Waals surface area (Å²) in [6.07, 6.45) is 5.96. The first-order chi connectivity index (χ1) is 10.7. The Morgan fingerprint density at radius 2 is 1.82 bits per heavy atom. The molecular weight excluding hydrogens is 272 g/mol. The molecule has 0 radical (unpaired) electrons. The van der Waals surface area contributed by atoms with Gasteiger partial charge < -0.3 is 16.2 Å². The van der Waals surface area contributed by atoms with E-state index in [1.807, 2.05) is 54.6 Å². The number of ether oxygens (including phenoxy) is 1. The van der Waals surface area contributed by atoms with Crippen molar-refractivity contribution in [1.82, 2.24) is 0 Å². The number of anilines is 1. The second-order valence-electron chi connectivity index (χ2n) is 5.48. The van der Waals surface area contributed by atoms with Gasteiger partial charge in [-0.1, -0.05) is 42.5 Å². The van der Waals surface area contributed by atoms with Crippen LogP contribution < -0.4 is 16.2 Å². The Morgan fingerprint density at radius 1 is 1.00 bits per heavy atom. The molecule has 1 aliphatic heterocycles. The first-order valence-electron chi connectivity index (χ1n) is 7.26. The lowest BCUT2D eigenvalue weighted by atomic mass is 9.87. The molecule has 0 bridgehead atoms. The molecule has 2 aromatic carbocycles. The van der Waals surface area contributed by atoms with E-state index < -0.39 is 0 Å². The first kappa shape index (κ1) is 12.9. The molecule has 1 unspecified atom stereocenters. The van der Waals surface area contributed by atoms with Gasteiger partial charge in [0.05, 0.1) is 0 Å². The Bertz CT molecular complexity index is 832. The molecule has 0 saturated carbocycles. The van der Waals surface area contributed by atoms with Crippen LogP contribution in [0.2, 0.25) is 0 Å². The van der Waals surface area contributed by atoms with E-state index >= 15 is 0 Å². The van der Waals surface area contributed by atoms with E-state index in [4.69, 9.17) is 16.2 Å². The lowest BCUT2D eigenvalue weighted by Crippen LogP contribution is -2.21. The van der Waals surface area contributed by atoms with Crippen molar-refractivity contribution in [2.24, 2.45) is 5.73 Å². The van der Waals surface area contributed by atoms with E-state index in [0.29, 0.717) is 5.69 Å². The highest BCUT2D eigenvalue weighted by molar-refractivity contribution is 5.91. The number of benzene rings is 2. The Morgan fingerprint density at radius 3 is 2.64 bits per heavy atom. The van der Waals surface area contributed by atoms with E-state index in [1.165, 1.54) is 0 Å². The molecule has 1 aliphatic carbocycles. The van der Waals surface area contributed by atoms with Crippen molar-refractivity contribution in [1.29, 1.82) is 0 Å². The zero-order valence-corrected chi connectivity index (χ0v) is 12.0. The third kappa shape index (κ3) is 2.03. The molecule has 108 valence electrons. The fourth-order valence-electron chi connectivity index (χ4n) is 2.91. The zero-order valence-electron chi connectivity index (χ0n) is 12.0. The van der Waals surface area contributed by atoms with Crippen molar-refractivity contribution in [2.75, 3.05) is 5.73 Å². The van der Waals surface area contributed by atoms with Crippen molar-refractivity contribution in [3.63, 3.8) is 0 Å². The quantitative estimate of drug-likeness (QED) is 0.792. The lowest BCUT2D eigenvalue weighted by molar-refractivity contribution is 0.428. The minimum Gasteiger partial charge on any atom is -0.456 e. The summed E-state index contributed by atoms with van der Waals surface area (Å²) < 4.78 is 6.03. The number of allylic oxidation sites excluding steroid dienone is 1. The maximum absolute atomic E-state index is 6.03. The van der Waals surface area contributed by atoms with Crippen LogP contribution in [-0.2, 0) is 0 Å². The van der Waals surface area contributed by atoms with E-state index in [9.17, 15) is 0 Å². The van der Waals surface area contributed by atoms with Crippen molar-refractivity contribution in [3.8, 4) is 5.75 Å². The van der Waals surface area contributed by atoms with Gasteiger partial charge in [0.15, 0.2) is 0 Å². The smallest absolute Gasteiger partial charge is 0.137 e. The van der Waals surface area contributed by atoms with Gasteiger partial charge in [0.1, 0.15) is 11.5 Å². The first-order valence-corrected chi connectivity index (χ1v) is 7.26. The molecule has 0 fully saturated rings. The largest absolute Gasteiger partial charge is 0.456 e. The molecule has 3 nitrogen and oxygen atoms in total. The van der Waals surface area contributed by atoms with E-state index in [2.05, 4.69) is 12.1 Å². The molecule has 4 N–H and O–H groups in total. The predicted molar refractivity (Wildman–Crippen MR) is 89.1 cm³/mol. The van der Waals surface area contributed by atoms with Crippen LogP contribution in [0.5, 0.6) is 5.75 Å². The van der Waals surface area contributed by atoms with Crippen LogP contribution in [0.3, 0.4) is 0 Å². The second-order valence-corrected chi connectivity index (χ2v) is 5.48. The van der Waals surface area contributed by atoms with Crippen molar-refractivity contribution >= 4 is 11.3 Å². The highest BCUT2D eigenvalue weighted by Crippen LogP contribution is 2.43. The van der Waals surface area contributed by atoms with Gasteiger partial charge in [-0.25, -0.2) is 0 Å². The molecule has 4 rings (SSSR count). The number of hydrogen-bond acceptors (Lipinski definition) is 3. The number of rotatable bonds is 1. The summed E-state index contributed by atoms with van der Waals surface area (Å²) in [6, 6.07) is 16.0. The van der Waals surface area contributed by atoms with Gasteiger partial charge in [-0.05, 0) is 23.8 Å². The predicted octanol–water partition coefficient (Wildman–Crippen LogP) is 3.24. The average molecular weight is 288 g/mol. The fraction of sp³-hybridized carbons (Fsp3) is 0.0526. The summed E-state index contributed by atoms with van der Waals surface area (Å²) in [5.41, 5.74) is 17.0. The third-order valence-electron chi connectivity index (χ3n) is 3.92. The molecule has 2 aliphatic rings. The highest BCUT2D eigenvalue weighted by atomic mass is 16.5. The molecule has 0 saturated heterocycles. The van der Waals surface area contributed by atoms with Crippen LogP contribution >= 0.6 is 0 Å². The molecule has 0 amide bonds. The molecule has 2 aromatic rings. The monoisotopic (exact) mass is 288 g/mol. The Labute approximate surface area is 129 Å². The molecule has 1 heterocycles. The van der Waals surface area contributed by atoms with E-state index in [-0.39, 0.29) is 6.04 Å². The van der Waals surface area contributed by atoms with Gasteiger partial charge in [0.25, 0.3) is 0 Å². The van der Waals surface area contributed by atoms with E-state index in [1.54, 1.807) is 0 Å². The Kier molecular flexibility index (Phi) is 2.88. The summed E-state index contributed by atoms with van der Waals surface area (Å²) in [5, 5.41) is 0. The van der Waals surface area contributed by atoms with Crippen molar-refractivity contribution in [2.45, 2.75) is 6.04 Å². The molecule has 3 heteroatoms. The topological polar surface area (TPSA) is 61.3 Å². The number of fused-ring (bicyclic) bond motifs is 2. The van der Waals surface area contributed by atoms with Gasteiger partial charge in [-0.15, -0.1) is 0 Å². The molecular formula is C19H16N2O. The molecule has 0 aromatic heterocycles. The van der Waals surface area contributed by atoms with Crippen LogP contribution in [0.25, 0.3) is 5.57 Å². The van der Waals surface area contributed by atoms with Gasteiger partial charge >= 0.3 is 0 Å². The van der Waals surface area contributed by atoms with E-state index in [0.717, 1.165) is 33.8 Å². The summed E-state index contributed by atoms with van der Waals surface area (Å²) in [6.45, 7) is 0. The summed E-state index contributed by atoms with van der Waals surface area (Å²) in [7, 11) is 0. The Balaban J connectivity index is 2.01. The number of hydrogen-bond donors (Lipinski definition) is 2. The molecule has 22 heavy (non-hydrogen) atoms. The maximum atomic E-state index is 6.03. The third-order valence-corrected chi connectivity index (χ3v) is 3.92. The minimum absolute atomic E-state index is 0.126. The average Bonchev–Trinajstić information content (AvgIpc) is 2.53. The second kappa shape index (κ2) is 4.90. The summed E-state index contributed by atoms with van der Waals surface area (Å²) >= 11 is 0. The molecule has 1 atom stereocenters. The fourth-order valence-corrected chi connectivity index (χ4v) is 2.91. The van der Waals surface area contributed by atoms with Crippen molar-refractivity contribution < 1.29 is 4.74 Å².